The topological polar surface area (TPSA) is 78.5 Å². The molecular weight excluding hydrogens is 389 g/mol. The highest BCUT2D eigenvalue weighted by Crippen LogP contribution is 2.25. The van der Waals surface area contributed by atoms with E-state index in [4.69, 9.17) is 0 Å². The van der Waals surface area contributed by atoms with Crippen LogP contribution in [0.25, 0.3) is 0 Å². The SMILES string of the molecule is CC(=O)NCc1ccc(S(=O)(=O)NCC2CCN(c3ccc(F)cc3)C2)s1. The summed E-state index contributed by atoms with van der Waals surface area (Å²) in [6.07, 6.45) is 0.873. The highest BCUT2D eigenvalue weighted by atomic mass is 32.2. The van der Waals surface area contributed by atoms with E-state index in [9.17, 15) is 17.6 Å². The Morgan fingerprint density at radius 3 is 2.70 bits per heavy atom. The van der Waals surface area contributed by atoms with Crippen LogP contribution in [-0.2, 0) is 21.4 Å². The van der Waals surface area contributed by atoms with Gasteiger partial charge in [0.15, 0.2) is 0 Å². The molecule has 2 aromatic rings. The molecule has 0 radical (unpaired) electrons. The second-order valence-corrected chi connectivity index (χ2v) is 9.72. The average molecular weight is 412 g/mol. The first-order chi connectivity index (χ1) is 12.8. The molecule has 1 fully saturated rings. The molecular formula is C18H22FN3O3S2. The first-order valence-electron chi connectivity index (χ1n) is 8.67. The van der Waals surface area contributed by atoms with Gasteiger partial charge < -0.3 is 10.2 Å². The van der Waals surface area contributed by atoms with Crippen LogP contribution in [-0.4, -0.2) is 34.0 Å². The molecule has 3 rings (SSSR count). The lowest BCUT2D eigenvalue weighted by molar-refractivity contribution is -0.119. The van der Waals surface area contributed by atoms with Crippen LogP contribution in [0.1, 0.15) is 18.2 Å². The van der Waals surface area contributed by atoms with Crippen LogP contribution in [0.15, 0.2) is 40.6 Å². The number of hydrogen-bond donors (Lipinski definition) is 2. The zero-order valence-corrected chi connectivity index (χ0v) is 16.6. The molecule has 1 unspecified atom stereocenters. The summed E-state index contributed by atoms with van der Waals surface area (Å²) >= 11 is 1.15. The highest BCUT2D eigenvalue weighted by molar-refractivity contribution is 7.91. The fraction of sp³-hybridized carbons (Fsp3) is 0.389. The number of rotatable bonds is 7. The van der Waals surface area contributed by atoms with Gasteiger partial charge in [-0.15, -0.1) is 11.3 Å². The Balaban J connectivity index is 1.53. The molecule has 0 saturated carbocycles. The summed E-state index contributed by atoms with van der Waals surface area (Å²) in [5, 5.41) is 2.65. The normalized spacial score (nSPS) is 17.3. The third-order valence-electron chi connectivity index (χ3n) is 4.45. The molecule has 9 heteroatoms. The van der Waals surface area contributed by atoms with E-state index < -0.39 is 10.0 Å². The van der Waals surface area contributed by atoms with Crippen molar-refractivity contribution in [3.8, 4) is 0 Å². The highest BCUT2D eigenvalue weighted by Gasteiger charge is 2.25. The molecule has 0 spiro atoms. The summed E-state index contributed by atoms with van der Waals surface area (Å²) in [5.74, 6) is -0.224. The van der Waals surface area contributed by atoms with Crippen LogP contribution < -0.4 is 14.9 Å². The van der Waals surface area contributed by atoms with Crippen molar-refractivity contribution in [1.82, 2.24) is 10.0 Å². The second kappa shape index (κ2) is 8.37. The van der Waals surface area contributed by atoms with E-state index in [1.807, 2.05) is 0 Å². The number of amides is 1. The van der Waals surface area contributed by atoms with E-state index in [2.05, 4.69) is 14.9 Å². The molecule has 1 aromatic heterocycles. The minimum absolute atomic E-state index is 0.155. The maximum absolute atomic E-state index is 13.0. The van der Waals surface area contributed by atoms with Gasteiger partial charge in [-0.25, -0.2) is 17.5 Å². The minimum atomic E-state index is -3.57. The molecule has 2 N–H and O–H groups in total. The summed E-state index contributed by atoms with van der Waals surface area (Å²) in [5.41, 5.74) is 0.947. The van der Waals surface area contributed by atoms with Crippen molar-refractivity contribution in [3.63, 3.8) is 0 Å². The van der Waals surface area contributed by atoms with E-state index in [1.54, 1.807) is 24.3 Å². The maximum atomic E-state index is 13.0. The van der Waals surface area contributed by atoms with Gasteiger partial charge >= 0.3 is 0 Å². The molecule has 0 aliphatic carbocycles. The van der Waals surface area contributed by atoms with Gasteiger partial charge in [0, 0.05) is 37.1 Å². The molecule has 1 aliphatic heterocycles. The van der Waals surface area contributed by atoms with Crippen LogP contribution in [0.4, 0.5) is 10.1 Å². The summed E-state index contributed by atoms with van der Waals surface area (Å²) in [7, 11) is -3.57. The molecule has 6 nitrogen and oxygen atoms in total. The number of thiophene rings is 1. The predicted octanol–water partition coefficient (Wildman–Crippen LogP) is 2.33. The number of anilines is 1. The van der Waals surface area contributed by atoms with Crippen LogP contribution in [0.5, 0.6) is 0 Å². The van der Waals surface area contributed by atoms with E-state index in [0.29, 0.717) is 13.1 Å². The van der Waals surface area contributed by atoms with Crippen LogP contribution in [0.3, 0.4) is 0 Å². The van der Waals surface area contributed by atoms with E-state index in [1.165, 1.54) is 19.1 Å². The number of carbonyl (C=O) groups is 1. The Morgan fingerprint density at radius 1 is 1.26 bits per heavy atom. The van der Waals surface area contributed by atoms with Crippen molar-refractivity contribution in [1.29, 1.82) is 0 Å². The molecule has 27 heavy (non-hydrogen) atoms. The summed E-state index contributed by atoms with van der Waals surface area (Å²) in [4.78, 5) is 13.9. The van der Waals surface area contributed by atoms with E-state index >= 15 is 0 Å². The number of benzene rings is 1. The summed E-state index contributed by atoms with van der Waals surface area (Å²) < 4.78 is 40.9. The molecule has 1 amide bonds. The Labute approximate surface area is 162 Å². The second-order valence-electron chi connectivity index (χ2n) is 6.56. The summed E-state index contributed by atoms with van der Waals surface area (Å²) in [6.45, 7) is 3.65. The molecule has 146 valence electrons. The molecule has 1 atom stereocenters. The predicted molar refractivity (Wildman–Crippen MR) is 104 cm³/mol. The fourth-order valence-electron chi connectivity index (χ4n) is 2.99. The van der Waals surface area contributed by atoms with Gasteiger partial charge in [-0.2, -0.15) is 0 Å². The third kappa shape index (κ3) is 5.27. The standard InChI is InChI=1S/C18H22FN3O3S2/c1-13(23)20-11-17-6-7-18(26-17)27(24,25)21-10-14-8-9-22(12-14)16-4-2-15(19)3-5-16/h2-7,14,21H,8-12H2,1H3,(H,20,23). The van der Waals surface area contributed by atoms with Gasteiger partial charge in [-0.1, -0.05) is 0 Å². The Hall–Kier alpha value is -1.97. The van der Waals surface area contributed by atoms with Gasteiger partial charge in [0.2, 0.25) is 15.9 Å². The zero-order chi connectivity index (χ0) is 19.4. The van der Waals surface area contributed by atoms with Crippen LogP contribution >= 0.6 is 11.3 Å². The largest absolute Gasteiger partial charge is 0.371 e. The van der Waals surface area contributed by atoms with Crippen LogP contribution in [0.2, 0.25) is 0 Å². The van der Waals surface area contributed by atoms with Gasteiger partial charge in [-0.3, -0.25) is 4.79 Å². The van der Waals surface area contributed by atoms with Gasteiger partial charge in [0.05, 0.1) is 6.54 Å². The van der Waals surface area contributed by atoms with Crippen molar-refractivity contribution in [2.45, 2.75) is 24.1 Å². The Kier molecular flexibility index (Phi) is 6.13. The molecule has 2 heterocycles. The van der Waals surface area contributed by atoms with Crippen LogP contribution in [0, 0.1) is 11.7 Å². The fourth-order valence-corrected chi connectivity index (χ4v) is 5.45. The van der Waals surface area contributed by atoms with Gasteiger partial charge in [0.25, 0.3) is 0 Å². The number of nitrogens with one attached hydrogen (secondary N) is 2. The minimum Gasteiger partial charge on any atom is -0.371 e. The first kappa shape index (κ1) is 19.8. The first-order valence-corrected chi connectivity index (χ1v) is 11.0. The molecule has 0 bridgehead atoms. The van der Waals surface area contributed by atoms with Crippen molar-refractivity contribution in [2.75, 3.05) is 24.5 Å². The third-order valence-corrected chi connectivity index (χ3v) is 7.45. The quantitative estimate of drug-likeness (QED) is 0.733. The van der Waals surface area contributed by atoms with Gasteiger partial charge in [0.1, 0.15) is 10.0 Å². The summed E-state index contributed by atoms with van der Waals surface area (Å²) in [6, 6.07) is 9.61. The lowest BCUT2D eigenvalue weighted by Gasteiger charge is -2.18. The van der Waals surface area contributed by atoms with E-state index in [-0.39, 0.29) is 21.9 Å². The molecule has 1 aliphatic rings. The Morgan fingerprint density at radius 2 is 2.00 bits per heavy atom. The number of nitrogens with zero attached hydrogens (tertiary/aromatic N) is 1. The van der Waals surface area contributed by atoms with Crippen molar-refractivity contribution in [2.24, 2.45) is 5.92 Å². The number of carbonyl (C=O) groups excluding carboxylic acids is 1. The lowest BCUT2D eigenvalue weighted by Crippen LogP contribution is -2.30. The van der Waals surface area contributed by atoms with Crippen molar-refractivity contribution in [3.05, 3.63) is 47.1 Å². The Bertz CT molecular complexity index is 897. The maximum Gasteiger partial charge on any atom is 0.250 e. The van der Waals surface area contributed by atoms with Gasteiger partial charge in [-0.05, 0) is 48.7 Å². The average Bonchev–Trinajstić information content (AvgIpc) is 3.29. The van der Waals surface area contributed by atoms with E-state index in [0.717, 1.165) is 41.4 Å². The zero-order valence-electron chi connectivity index (χ0n) is 14.9. The molecule has 1 saturated heterocycles. The lowest BCUT2D eigenvalue weighted by atomic mass is 10.1. The smallest absolute Gasteiger partial charge is 0.250 e. The molecule has 1 aromatic carbocycles. The number of sulfonamides is 1. The van der Waals surface area contributed by atoms with Crippen molar-refractivity contribution >= 4 is 33.0 Å². The monoisotopic (exact) mass is 411 g/mol. The number of hydrogen-bond acceptors (Lipinski definition) is 5. The number of halogens is 1. The van der Waals surface area contributed by atoms with Crippen molar-refractivity contribution < 1.29 is 17.6 Å².